The largest absolute Gasteiger partial charge is 0.497 e. The Balaban J connectivity index is 1.67. The second-order valence-corrected chi connectivity index (χ2v) is 6.70. The van der Waals surface area contributed by atoms with E-state index in [1.165, 1.54) is 0 Å². The van der Waals surface area contributed by atoms with Crippen LogP contribution < -0.4 is 15.0 Å². The third-order valence-corrected chi connectivity index (χ3v) is 4.96. The zero-order valence-corrected chi connectivity index (χ0v) is 15.0. The smallest absolute Gasteiger partial charge is 0.229 e. The quantitative estimate of drug-likeness (QED) is 0.834. The maximum atomic E-state index is 12.5. The van der Waals surface area contributed by atoms with Crippen LogP contribution in [-0.2, 0) is 9.59 Å². The van der Waals surface area contributed by atoms with Crippen LogP contribution in [0, 0.1) is 5.92 Å². The van der Waals surface area contributed by atoms with E-state index in [-0.39, 0.29) is 24.2 Å². The summed E-state index contributed by atoms with van der Waals surface area (Å²) in [7, 11) is 1.58. The highest BCUT2D eigenvalue weighted by Gasteiger charge is 2.35. The number of methoxy groups -OCH3 is 1. The highest BCUT2D eigenvalue weighted by molar-refractivity contribution is 7.98. The van der Waals surface area contributed by atoms with E-state index in [2.05, 4.69) is 5.32 Å². The lowest BCUT2D eigenvalue weighted by Gasteiger charge is -2.17. The van der Waals surface area contributed by atoms with Crippen LogP contribution in [0.3, 0.4) is 0 Å². The Hall–Kier alpha value is -2.47. The van der Waals surface area contributed by atoms with Gasteiger partial charge in [-0.1, -0.05) is 6.07 Å². The van der Waals surface area contributed by atoms with Gasteiger partial charge < -0.3 is 15.0 Å². The van der Waals surface area contributed by atoms with E-state index in [0.717, 1.165) is 10.6 Å². The molecule has 25 heavy (non-hydrogen) atoms. The Morgan fingerprint density at radius 2 is 2.00 bits per heavy atom. The summed E-state index contributed by atoms with van der Waals surface area (Å²) < 4.78 is 5.16. The standard InChI is InChI=1S/C19H20N2O3S/c1-24-16-5-3-4-14(11-16)20-19(23)13-10-18(22)21(12-13)15-6-8-17(25-2)9-7-15/h3-9,11,13H,10,12H2,1-2H3,(H,20,23)/t13-/m1/s1. The number of nitrogens with zero attached hydrogens (tertiary/aromatic N) is 1. The van der Waals surface area contributed by atoms with Crippen LogP contribution in [0.1, 0.15) is 6.42 Å². The van der Waals surface area contributed by atoms with Crippen LogP contribution in [0.15, 0.2) is 53.4 Å². The molecule has 2 aromatic rings. The van der Waals surface area contributed by atoms with Gasteiger partial charge in [0.25, 0.3) is 0 Å². The molecule has 1 aliphatic heterocycles. The molecule has 1 saturated heterocycles. The Morgan fingerprint density at radius 3 is 2.68 bits per heavy atom. The Kier molecular flexibility index (Phi) is 5.28. The van der Waals surface area contributed by atoms with Gasteiger partial charge >= 0.3 is 0 Å². The van der Waals surface area contributed by atoms with Crippen molar-refractivity contribution < 1.29 is 14.3 Å². The Labute approximate surface area is 151 Å². The number of anilines is 2. The molecule has 0 aromatic heterocycles. The fraction of sp³-hybridized carbons (Fsp3) is 0.263. The molecule has 1 heterocycles. The molecular formula is C19H20N2O3S. The van der Waals surface area contributed by atoms with Crippen LogP contribution in [0.4, 0.5) is 11.4 Å². The van der Waals surface area contributed by atoms with E-state index in [0.29, 0.717) is 18.0 Å². The Bertz CT molecular complexity index is 776. The number of carbonyl (C=O) groups is 2. The first-order valence-corrected chi connectivity index (χ1v) is 9.22. The second-order valence-electron chi connectivity index (χ2n) is 5.82. The summed E-state index contributed by atoms with van der Waals surface area (Å²) in [5.41, 5.74) is 1.50. The monoisotopic (exact) mass is 356 g/mol. The molecule has 6 heteroatoms. The number of carbonyl (C=O) groups excluding carboxylic acids is 2. The van der Waals surface area contributed by atoms with E-state index < -0.39 is 0 Å². The molecule has 2 aromatic carbocycles. The van der Waals surface area contributed by atoms with E-state index in [4.69, 9.17) is 4.74 Å². The van der Waals surface area contributed by atoms with Crippen LogP contribution in [-0.4, -0.2) is 31.7 Å². The fourth-order valence-corrected chi connectivity index (χ4v) is 3.25. The first kappa shape index (κ1) is 17.4. The number of thioether (sulfide) groups is 1. The predicted octanol–water partition coefficient (Wildman–Crippen LogP) is 3.41. The first-order chi connectivity index (χ1) is 12.1. The Morgan fingerprint density at radius 1 is 1.24 bits per heavy atom. The summed E-state index contributed by atoms with van der Waals surface area (Å²) in [6.07, 6.45) is 2.23. The molecule has 0 bridgehead atoms. The van der Waals surface area contributed by atoms with Gasteiger partial charge in [-0.3, -0.25) is 9.59 Å². The van der Waals surface area contributed by atoms with Crippen molar-refractivity contribution in [2.75, 3.05) is 30.1 Å². The van der Waals surface area contributed by atoms with Gasteiger partial charge in [0, 0.05) is 35.3 Å². The van der Waals surface area contributed by atoms with Crippen LogP contribution in [0.5, 0.6) is 5.75 Å². The molecule has 0 aliphatic carbocycles. The van der Waals surface area contributed by atoms with Crippen molar-refractivity contribution in [2.24, 2.45) is 5.92 Å². The van der Waals surface area contributed by atoms with Gasteiger partial charge in [-0.25, -0.2) is 0 Å². The van der Waals surface area contributed by atoms with Crippen LogP contribution >= 0.6 is 11.8 Å². The maximum Gasteiger partial charge on any atom is 0.229 e. The zero-order valence-electron chi connectivity index (χ0n) is 14.2. The van der Waals surface area contributed by atoms with Gasteiger partial charge in [0.2, 0.25) is 11.8 Å². The molecule has 1 aliphatic rings. The number of rotatable bonds is 5. The maximum absolute atomic E-state index is 12.5. The lowest BCUT2D eigenvalue weighted by Crippen LogP contribution is -2.28. The highest BCUT2D eigenvalue weighted by Crippen LogP contribution is 2.28. The lowest BCUT2D eigenvalue weighted by atomic mass is 10.1. The molecule has 1 atom stereocenters. The number of ether oxygens (including phenoxy) is 1. The van der Waals surface area contributed by atoms with Gasteiger partial charge in [-0.2, -0.15) is 0 Å². The molecular weight excluding hydrogens is 336 g/mol. The number of benzene rings is 2. The molecule has 1 N–H and O–H groups in total. The van der Waals surface area contributed by atoms with Gasteiger partial charge in [0.1, 0.15) is 5.75 Å². The van der Waals surface area contributed by atoms with Gasteiger partial charge in [0.05, 0.1) is 13.0 Å². The van der Waals surface area contributed by atoms with Gasteiger partial charge in [-0.05, 0) is 42.7 Å². The molecule has 5 nitrogen and oxygen atoms in total. The van der Waals surface area contributed by atoms with Crippen molar-refractivity contribution >= 4 is 35.0 Å². The SMILES string of the molecule is COc1cccc(NC(=O)[C@@H]2CC(=O)N(c3ccc(SC)cc3)C2)c1. The summed E-state index contributed by atoms with van der Waals surface area (Å²) in [6, 6.07) is 15.0. The molecule has 3 rings (SSSR count). The summed E-state index contributed by atoms with van der Waals surface area (Å²) >= 11 is 1.65. The lowest BCUT2D eigenvalue weighted by molar-refractivity contribution is -0.122. The number of hydrogen-bond acceptors (Lipinski definition) is 4. The minimum Gasteiger partial charge on any atom is -0.497 e. The van der Waals surface area contributed by atoms with Crippen molar-refractivity contribution in [3.63, 3.8) is 0 Å². The first-order valence-electron chi connectivity index (χ1n) is 8.00. The third-order valence-electron chi connectivity index (χ3n) is 4.22. The van der Waals surface area contributed by atoms with Crippen molar-refractivity contribution in [1.29, 1.82) is 0 Å². The van der Waals surface area contributed by atoms with Crippen molar-refractivity contribution in [1.82, 2.24) is 0 Å². The number of amides is 2. The van der Waals surface area contributed by atoms with E-state index in [1.54, 1.807) is 35.9 Å². The normalized spacial score (nSPS) is 16.8. The minimum atomic E-state index is -0.362. The molecule has 0 saturated carbocycles. The van der Waals surface area contributed by atoms with Crippen LogP contribution in [0.2, 0.25) is 0 Å². The molecule has 0 unspecified atom stereocenters. The van der Waals surface area contributed by atoms with Crippen molar-refractivity contribution in [3.05, 3.63) is 48.5 Å². The predicted molar refractivity (Wildman–Crippen MR) is 100 cm³/mol. The molecule has 0 spiro atoms. The zero-order chi connectivity index (χ0) is 17.8. The van der Waals surface area contributed by atoms with Gasteiger partial charge in [-0.15, -0.1) is 11.8 Å². The van der Waals surface area contributed by atoms with Crippen molar-refractivity contribution in [3.8, 4) is 5.75 Å². The third kappa shape index (κ3) is 3.96. The van der Waals surface area contributed by atoms with E-state index >= 15 is 0 Å². The van der Waals surface area contributed by atoms with E-state index in [1.807, 2.05) is 42.7 Å². The summed E-state index contributed by atoms with van der Waals surface area (Å²) in [5.74, 6) is 0.141. The topological polar surface area (TPSA) is 58.6 Å². The highest BCUT2D eigenvalue weighted by atomic mass is 32.2. The van der Waals surface area contributed by atoms with E-state index in [9.17, 15) is 9.59 Å². The number of hydrogen-bond donors (Lipinski definition) is 1. The molecule has 0 radical (unpaired) electrons. The average Bonchev–Trinajstić information content (AvgIpc) is 3.04. The number of nitrogens with one attached hydrogen (secondary N) is 1. The summed E-state index contributed by atoms with van der Waals surface area (Å²) in [5, 5.41) is 2.87. The summed E-state index contributed by atoms with van der Waals surface area (Å²) in [4.78, 5) is 27.6. The summed E-state index contributed by atoms with van der Waals surface area (Å²) in [6.45, 7) is 0.396. The minimum absolute atomic E-state index is 0.0253. The average molecular weight is 356 g/mol. The fourth-order valence-electron chi connectivity index (χ4n) is 2.84. The van der Waals surface area contributed by atoms with Crippen LogP contribution in [0.25, 0.3) is 0 Å². The molecule has 130 valence electrons. The molecule has 1 fully saturated rings. The second kappa shape index (κ2) is 7.61. The molecule has 2 amide bonds. The van der Waals surface area contributed by atoms with Crippen molar-refractivity contribution in [2.45, 2.75) is 11.3 Å². The van der Waals surface area contributed by atoms with Gasteiger partial charge in [0.15, 0.2) is 0 Å².